The first-order valence-corrected chi connectivity index (χ1v) is 7.51. The molecular formula is C16H20N4O2. The molecule has 6 nitrogen and oxygen atoms in total. The number of hydrogen-bond acceptors (Lipinski definition) is 5. The van der Waals surface area contributed by atoms with Gasteiger partial charge in [-0.1, -0.05) is 0 Å². The summed E-state index contributed by atoms with van der Waals surface area (Å²) in [4.78, 5) is 22.6. The standard InChI is InChI=1S/C16H20N4O2/c1-3-22-16-13-10-20(7-5-14(13)17-11-18-16)9-12-4-6-19(2)15(21)8-12/h4,6,8,11H,3,5,7,9-10H2,1-2H3. The summed E-state index contributed by atoms with van der Waals surface area (Å²) in [7, 11) is 1.76. The molecule has 0 aromatic carbocycles. The van der Waals surface area contributed by atoms with E-state index in [-0.39, 0.29) is 5.56 Å². The number of ether oxygens (including phenoxy) is 1. The van der Waals surface area contributed by atoms with Crippen LogP contribution in [0.15, 0.2) is 29.5 Å². The fourth-order valence-electron chi connectivity index (χ4n) is 2.71. The molecule has 3 heterocycles. The van der Waals surface area contributed by atoms with E-state index < -0.39 is 0 Å². The van der Waals surface area contributed by atoms with E-state index in [1.807, 2.05) is 19.2 Å². The normalized spacial score (nSPS) is 14.6. The van der Waals surface area contributed by atoms with E-state index in [4.69, 9.17) is 4.74 Å². The first-order chi connectivity index (χ1) is 10.7. The summed E-state index contributed by atoms with van der Waals surface area (Å²) < 4.78 is 7.19. The van der Waals surface area contributed by atoms with E-state index in [2.05, 4.69) is 14.9 Å². The van der Waals surface area contributed by atoms with E-state index in [1.165, 1.54) is 0 Å². The zero-order valence-corrected chi connectivity index (χ0v) is 13.0. The molecule has 116 valence electrons. The van der Waals surface area contributed by atoms with Gasteiger partial charge in [-0.2, -0.15) is 0 Å². The predicted molar refractivity (Wildman–Crippen MR) is 82.7 cm³/mol. The monoisotopic (exact) mass is 300 g/mol. The van der Waals surface area contributed by atoms with Gasteiger partial charge in [0.25, 0.3) is 5.56 Å². The molecule has 6 heteroatoms. The van der Waals surface area contributed by atoms with Gasteiger partial charge in [0, 0.05) is 50.9 Å². The van der Waals surface area contributed by atoms with Crippen LogP contribution in [0.5, 0.6) is 5.88 Å². The van der Waals surface area contributed by atoms with Crippen LogP contribution in [0.2, 0.25) is 0 Å². The fraction of sp³-hybridized carbons (Fsp3) is 0.438. The molecule has 22 heavy (non-hydrogen) atoms. The quantitative estimate of drug-likeness (QED) is 0.847. The molecule has 0 N–H and O–H groups in total. The molecule has 0 unspecified atom stereocenters. The van der Waals surface area contributed by atoms with E-state index in [9.17, 15) is 4.79 Å². The van der Waals surface area contributed by atoms with Gasteiger partial charge in [-0.25, -0.2) is 9.97 Å². The van der Waals surface area contributed by atoms with Gasteiger partial charge in [-0.3, -0.25) is 9.69 Å². The number of aryl methyl sites for hydroxylation is 1. The number of hydrogen-bond donors (Lipinski definition) is 0. The molecule has 0 fully saturated rings. The number of nitrogens with zero attached hydrogens (tertiary/aromatic N) is 4. The highest BCUT2D eigenvalue weighted by Gasteiger charge is 2.21. The van der Waals surface area contributed by atoms with Crippen LogP contribution in [0.4, 0.5) is 0 Å². The summed E-state index contributed by atoms with van der Waals surface area (Å²) in [5.41, 5.74) is 3.19. The minimum absolute atomic E-state index is 0.0215. The van der Waals surface area contributed by atoms with Crippen molar-refractivity contribution in [1.29, 1.82) is 0 Å². The van der Waals surface area contributed by atoms with Crippen LogP contribution in [-0.4, -0.2) is 32.6 Å². The van der Waals surface area contributed by atoms with Crippen LogP contribution in [0.1, 0.15) is 23.7 Å². The summed E-state index contributed by atoms with van der Waals surface area (Å²) in [6.07, 6.45) is 4.26. The zero-order chi connectivity index (χ0) is 15.5. The lowest BCUT2D eigenvalue weighted by molar-refractivity contribution is 0.231. The van der Waals surface area contributed by atoms with Crippen LogP contribution in [0, 0.1) is 0 Å². The molecule has 2 aromatic rings. The van der Waals surface area contributed by atoms with Crippen LogP contribution in [0.3, 0.4) is 0 Å². The van der Waals surface area contributed by atoms with Crippen molar-refractivity contribution < 1.29 is 4.74 Å². The van der Waals surface area contributed by atoms with Crippen molar-refractivity contribution in [2.24, 2.45) is 7.05 Å². The van der Waals surface area contributed by atoms with Crippen molar-refractivity contribution in [3.05, 3.63) is 51.8 Å². The second-order valence-electron chi connectivity index (χ2n) is 5.48. The van der Waals surface area contributed by atoms with Crippen LogP contribution in [0.25, 0.3) is 0 Å². The molecule has 0 bridgehead atoms. The topological polar surface area (TPSA) is 60.3 Å². The van der Waals surface area contributed by atoms with E-state index in [1.54, 1.807) is 24.0 Å². The molecule has 0 aliphatic carbocycles. The maximum absolute atomic E-state index is 11.7. The Hall–Kier alpha value is -2.21. The molecule has 0 amide bonds. The first kappa shape index (κ1) is 14.7. The highest BCUT2D eigenvalue weighted by molar-refractivity contribution is 5.31. The highest BCUT2D eigenvalue weighted by Crippen LogP contribution is 2.25. The van der Waals surface area contributed by atoms with E-state index in [0.717, 1.165) is 42.9 Å². The van der Waals surface area contributed by atoms with Crippen LogP contribution < -0.4 is 10.3 Å². The average Bonchev–Trinajstić information content (AvgIpc) is 2.52. The summed E-state index contributed by atoms with van der Waals surface area (Å²) >= 11 is 0. The van der Waals surface area contributed by atoms with Gasteiger partial charge in [-0.15, -0.1) is 0 Å². The van der Waals surface area contributed by atoms with Gasteiger partial charge >= 0.3 is 0 Å². The SMILES string of the molecule is CCOc1ncnc2c1CN(Cc1ccn(C)c(=O)c1)CC2. The molecule has 0 saturated carbocycles. The van der Waals surface area contributed by atoms with Gasteiger partial charge in [-0.05, 0) is 18.6 Å². The molecule has 3 rings (SSSR count). The minimum Gasteiger partial charge on any atom is -0.478 e. The van der Waals surface area contributed by atoms with Gasteiger partial charge < -0.3 is 9.30 Å². The number of fused-ring (bicyclic) bond motifs is 1. The summed E-state index contributed by atoms with van der Waals surface area (Å²) in [5, 5.41) is 0. The Labute approximate surface area is 129 Å². The van der Waals surface area contributed by atoms with Crippen molar-refractivity contribution in [2.75, 3.05) is 13.2 Å². The number of aromatic nitrogens is 3. The summed E-state index contributed by atoms with van der Waals surface area (Å²) in [5.74, 6) is 0.682. The highest BCUT2D eigenvalue weighted by atomic mass is 16.5. The average molecular weight is 300 g/mol. The van der Waals surface area contributed by atoms with Crippen molar-refractivity contribution in [3.63, 3.8) is 0 Å². The van der Waals surface area contributed by atoms with Crippen LogP contribution in [-0.2, 0) is 26.6 Å². The molecular weight excluding hydrogens is 280 g/mol. The molecule has 1 aliphatic rings. The summed E-state index contributed by atoms with van der Waals surface area (Å²) in [6, 6.07) is 3.68. The second kappa shape index (κ2) is 6.27. The van der Waals surface area contributed by atoms with Crippen molar-refractivity contribution >= 4 is 0 Å². The Morgan fingerprint density at radius 3 is 3.00 bits per heavy atom. The van der Waals surface area contributed by atoms with Crippen molar-refractivity contribution in [1.82, 2.24) is 19.4 Å². The third-order valence-electron chi connectivity index (χ3n) is 3.90. The van der Waals surface area contributed by atoms with E-state index in [0.29, 0.717) is 12.5 Å². The Balaban J connectivity index is 1.78. The van der Waals surface area contributed by atoms with Crippen LogP contribution >= 0.6 is 0 Å². The Morgan fingerprint density at radius 2 is 2.23 bits per heavy atom. The lowest BCUT2D eigenvalue weighted by Crippen LogP contribution is -2.31. The maximum atomic E-state index is 11.7. The largest absolute Gasteiger partial charge is 0.478 e. The third kappa shape index (κ3) is 3.01. The number of rotatable bonds is 4. The zero-order valence-electron chi connectivity index (χ0n) is 13.0. The molecule has 1 aliphatic heterocycles. The van der Waals surface area contributed by atoms with Gasteiger partial charge in [0.1, 0.15) is 6.33 Å². The first-order valence-electron chi connectivity index (χ1n) is 7.51. The molecule has 0 radical (unpaired) electrons. The lowest BCUT2D eigenvalue weighted by atomic mass is 10.1. The Morgan fingerprint density at radius 1 is 1.36 bits per heavy atom. The molecule has 0 saturated heterocycles. The van der Waals surface area contributed by atoms with Crippen molar-refractivity contribution in [2.45, 2.75) is 26.4 Å². The maximum Gasteiger partial charge on any atom is 0.250 e. The van der Waals surface area contributed by atoms with Gasteiger partial charge in [0.2, 0.25) is 5.88 Å². The minimum atomic E-state index is 0.0215. The van der Waals surface area contributed by atoms with Gasteiger partial charge in [0.05, 0.1) is 12.3 Å². The molecule has 0 atom stereocenters. The Kier molecular flexibility index (Phi) is 4.20. The lowest BCUT2D eigenvalue weighted by Gasteiger charge is -2.28. The molecule has 2 aromatic heterocycles. The second-order valence-corrected chi connectivity index (χ2v) is 5.48. The smallest absolute Gasteiger partial charge is 0.250 e. The third-order valence-corrected chi connectivity index (χ3v) is 3.90. The Bertz CT molecular complexity index is 726. The van der Waals surface area contributed by atoms with Gasteiger partial charge in [0.15, 0.2) is 0 Å². The van der Waals surface area contributed by atoms with E-state index >= 15 is 0 Å². The molecule has 0 spiro atoms. The summed E-state index contributed by atoms with van der Waals surface area (Å²) in [6.45, 7) is 4.97. The number of pyridine rings is 1. The predicted octanol–water partition coefficient (Wildman–Crippen LogP) is 1.13. The van der Waals surface area contributed by atoms with Crippen molar-refractivity contribution in [3.8, 4) is 5.88 Å². The fourth-order valence-corrected chi connectivity index (χ4v) is 2.71.